The molecule has 2 aromatic rings. The fourth-order valence-corrected chi connectivity index (χ4v) is 2.05. The molecule has 0 amide bonds. The van der Waals surface area contributed by atoms with Crippen LogP contribution in [0, 0.1) is 6.92 Å². The summed E-state index contributed by atoms with van der Waals surface area (Å²) in [6, 6.07) is 9.41. The number of rotatable bonds is 3. The summed E-state index contributed by atoms with van der Waals surface area (Å²) >= 11 is 5.88. The van der Waals surface area contributed by atoms with E-state index in [1.807, 2.05) is 37.3 Å². The molecule has 0 aliphatic heterocycles. The van der Waals surface area contributed by atoms with Gasteiger partial charge in [-0.3, -0.25) is 0 Å². The monoisotopic (exact) mass is 261 g/mol. The van der Waals surface area contributed by atoms with Crippen molar-refractivity contribution in [2.45, 2.75) is 26.3 Å². The van der Waals surface area contributed by atoms with E-state index < -0.39 is 0 Å². The van der Waals surface area contributed by atoms with Crippen molar-refractivity contribution < 1.29 is 0 Å². The predicted molar refractivity (Wildman–Crippen MR) is 73.6 cm³/mol. The fraction of sp³-hybridized carbons (Fsp3) is 0.286. The van der Waals surface area contributed by atoms with Gasteiger partial charge in [-0.15, -0.1) is 0 Å². The molecule has 0 bridgehead atoms. The third kappa shape index (κ3) is 2.68. The van der Waals surface area contributed by atoms with Crippen LogP contribution in [0.4, 0.5) is 0 Å². The number of halogens is 1. The molecule has 0 saturated heterocycles. The highest BCUT2D eigenvalue weighted by atomic mass is 35.5. The van der Waals surface area contributed by atoms with Gasteiger partial charge in [-0.2, -0.15) is 10.2 Å². The first-order valence-corrected chi connectivity index (χ1v) is 6.33. The molecule has 0 aliphatic rings. The highest BCUT2D eigenvalue weighted by Gasteiger charge is 2.14. The third-order valence-corrected chi connectivity index (χ3v) is 3.18. The zero-order valence-electron chi connectivity index (χ0n) is 10.5. The van der Waals surface area contributed by atoms with Gasteiger partial charge in [0.2, 0.25) is 0 Å². The van der Waals surface area contributed by atoms with E-state index in [0.717, 1.165) is 28.9 Å². The highest BCUT2D eigenvalue weighted by Crippen LogP contribution is 2.23. The van der Waals surface area contributed by atoms with Gasteiger partial charge in [-0.1, -0.05) is 30.7 Å². The number of aryl methyl sites for hydroxylation is 2. The second-order valence-corrected chi connectivity index (χ2v) is 4.71. The first-order chi connectivity index (χ1) is 8.61. The molecule has 1 aromatic heterocycles. The van der Waals surface area contributed by atoms with Gasteiger partial charge in [0.15, 0.2) is 0 Å². The van der Waals surface area contributed by atoms with E-state index in [2.05, 4.69) is 17.1 Å². The van der Waals surface area contributed by atoms with Crippen molar-refractivity contribution in [2.24, 2.45) is 5.73 Å². The Morgan fingerprint density at radius 2 is 1.89 bits per heavy atom. The van der Waals surface area contributed by atoms with E-state index >= 15 is 0 Å². The number of hydrogen-bond acceptors (Lipinski definition) is 3. The van der Waals surface area contributed by atoms with Crippen LogP contribution in [0.5, 0.6) is 0 Å². The van der Waals surface area contributed by atoms with Gasteiger partial charge >= 0.3 is 0 Å². The lowest BCUT2D eigenvalue weighted by Gasteiger charge is -2.15. The molecule has 0 fully saturated rings. The fourth-order valence-electron chi connectivity index (χ4n) is 1.93. The van der Waals surface area contributed by atoms with Gasteiger partial charge in [0, 0.05) is 5.02 Å². The van der Waals surface area contributed by atoms with Crippen LogP contribution in [-0.2, 0) is 6.42 Å². The van der Waals surface area contributed by atoms with Crippen LogP contribution in [0.15, 0.2) is 30.3 Å². The summed E-state index contributed by atoms with van der Waals surface area (Å²) in [6.45, 7) is 3.97. The minimum absolute atomic E-state index is 0.189. The molecular formula is C14H16ClN3. The van der Waals surface area contributed by atoms with Gasteiger partial charge < -0.3 is 5.73 Å². The van der Waals surface area contributed by atoms with E-state index in [4.69, 9.17) is 17.3 Å². The topological polar surface area (TPSA) is 51.8 Å². The zero-order chi connectivity index (χ0) is 13.1. The average Bonchev–Trinajstić information content (AvgIpc) is 2.39. The van der Waals surface area contributed by atoms with Gasteiger partial charge in [-0.05, 0) is 42.7 Å². The van der Waals surface area contributed by atoms with Gasteiger partial charge in [0.1, 0.15) is 0 Å². The largest absolute Gasteiger partial charge is 0.320 e. The number of hydrogen-bond donors (Lipinski definition) is 1. The van der Waals surface area contributed by atoms with E-state index in [0.29, 0.717) is 5.02 Å². The first kappa shape index (κ1) is 13.0. The normalized spacial score (nSPS) is 12.4. The molecule has 0 radical (unpaired) electrons. The van der Waals surface area contributed by atoms with Crippen LogP contribution in [0.1, 0.15) is 35.5 Å². The lowest BCUT2D eigenvalue weighted by Crippen LogP contribution is -2.15. The lowest BCUT2D eigenvalue weighted by atomic mass is 9.97. The van der Waals surface area contributed by atoms with Crippen molar-refractivity contribution in [3.63, 3.8) is 0 Å². The molecule has 1 atom stereocenters. The second-order valence-electron chi connectivity index (χ2n) is 4.27. The minimum atomic E-state index is -0.189. The van der Waals surface area contributed by atoms with Crippen LogP contribution < -0.4 is 5.73 Å². The summed E-state index contributed by atoms with van der Waals surface area (Å²) in [5.41, 5.74) is 10.2. The number of nitrogens with zero attached hydrogens (tertiary/aromatic N) is 2. The average molecular weight is 262 g/mol. The standard InChI is InChI=1S/C14H16ClN3/c1-3-13-12(8-9(2)17-18-13)14(16)10-4-6-11(15)7-5-10/h4-8,14H,3,16H2,1-2H3. The number of nitrogens with two attached hydrogens (primary N) is 1. The van der Waals surface area contributed by atoms with Gasteiger partial charge in [0.25, 0.3) is 0 Å². The molecular weight excluding hydrogens is 246 g/mol. The van der Waals surface area contributed by atoms with E-state index in [1.165, 1.54) is 0 Å². The van der Waals surface area contributed by atoms with Crippen LogP contribution in [0.25, 0.3) is 0 Å². The Labute approximate surface area is 112 Å². The Morgan fingerprint density at radius 1 is 1.22 bits per heavy atom. The smallest absolute Gasteiger partial charge is 0.0679 e. The molecule has 0 aliphatic carbocycles. The van der Waals surface area contributed by atoms with Crippen molar-refractivity contribution in [3.8, 4) is 0 Å². The molecule has 4 heteroatoms. The molecule has 1 heterocycles. The second kappa shape index (κ2) is 5.46. The minimum Gasteiger partial charge on any atom is -0.320 e. The van der Waals surface area contributed by atoms with Gasteiger partial charge in [0.05, 0.1) is 17.4 Å². The molecule has 3 nitrogen and oxygen atoms in total. The maximum Gasteiger partial charge on any atom is 0.0679 e. The van der Waals surface area contributed by atoms with Crippen molar-refractivity contribution in [2.75, 3.05) is 0 Å². The summed E-state index contributed by atoms with van der Waals surface area (Å²) in [6.07, 6.45) is 0.823. The molecule has 94 valence electrons. The van der Waals surface area contributed by atoms with E-state index in [-0.39, 0.29) is 6.04 Å². The number of aromatic nitrogens is 2. The Kier molecular flexibility index (Phi) is 3.94. The molecule has 18 heavy (non-hydrogen) atoms. The van der Waals surface area contributed by atoms with Crippen LogP contribution in [-0.4, -0.2) is 10.2 Å². The maximum absolute atomic E-state index is 6.30. The summed E-state index contributed by atoms with van der Waals surface area (Å²) < 4.78 is 0. The number of benzene rings is 1. The molecule has 0 spiro atoms. The first-order valence-electron chi connectivity index (χ1n) is 5.96. The Balaban J connectivity index is 2.41. The summed E-state index contributed by atoms with van der Waals surface area (Å²) in [5, 5.41) is 8.99. The predicted octanol–water partition coefficient (Wildman–Crippen LogP) is 3.05. The van der Waals surface area contributed by atoms with Gasteiger partial charge in [-0.25, -0.2) is 0 Å². The van der Waals surface area contributed by atoms with Crippen molar-refractivity contribution in [3.05, 3.63) is 57.9 Å². The Bertz CT molecular complexity index is 537. The Morgan fingerprint density at radius 3 is 2.50 bits per heavy atom. The van der Waals surface area contributed by atoms with E-state index in [1.54, 1.807) is 0 Å². The zero-order valence-corrected chi connectivity index (χ0v) is 11.3. The quantitative estimate of drug-likeness (QED) is 0.924. The Hall–Kier alpha value is -1.45. The van der Waals surface area contributed by atoms with Crippen LogP contribution >= 0.6 is 11.6 Å². The van der Waals surface area contributed by atoms with Crippen molar-refractivity contribution in [1.82, 2.24) is 10.2 Å². The molecule has 2 rings (SSSR count). The highest BCUT2D eigenvalue weighted by molar-refractivity contribution is 6.30. The third-order valence-electron chi connectivity index (χ3n) is 2.93. The molecule has 1 unspecified atom stereocenters. The maximum atomic E-state index is 6.30. The van der Waals surface area contributed by atoms with Crippen molar-refractivity contribution in [1.29, 1.82) is 0 Å². The molecule has 1 aromatic carbocycles. The molecule has 0 saturated carbocycles. The molecule has 2 N–H and O–H groups in total. The van der Waals surface area contributed by atoms with Crippen molar-refractivity contribution >= 4 is 11.6 Å². The summed E-state index contributed by atoms with van der Waals surface area (Å²) in [7, 11) is 0. The summed E-state index contributed by atoms with van der Waals surface area (Å²) in [4.78, 5) is 0. The lowest BCUT2D eigenvalue weighted by molar-refractivity contribution is 0.790. The van der Waals surface area contributed by atoms with E-state index in [9.17, 15) is 0 Å². The summed E-state index contributed by atoms with van der Waals surface area (Å²) in [5.74, 6) is 0. The van der Waals surface area contributed by atoms with Crippen LogP contribution in [0.3, 0.4) is 0 Å². The SMILES string of the molecule is CCc1nnc(C)cc1C(N)c1ccc(Cl)cc1. The van der Waals surface area contributed by atoms with Crippen LogP contribution in [0.2, 0.25) is 5.02 Å².